The van der Waals surface area contributed by atoms with E-state index < -0.39 is 6.10 Å². The largest absolute Gasteiger partial charge is 0.385 e. The summed E-state index contributed by atoms with van der Waals surface area (Å²) in [5.41, 5.74) is 0. The highest BCUT2D eigenvalue weighted by molar-refractivity contribution is 5.83. The van der Waals surface area contributed by atoms with Crippen LogP contribution in [0, 0.1) is 17.8 Å². The van der Waals surface area contributed by atoms with Gasteiger partial charge in [0.1, 0.15) is 6.10 Å². The predicted molar refractivity (Wildman–Crippen MR) is 54.5 cm³/mol. The lowest BCUT2D eigenvalue weighted by atomic mass is 9.88. The van der Waals surface area contributed by atoms with Crippen molar-refractivity contribution in [1.29, 1.82) is 0 Å². The van der Waals surface area contributed by atoms with Crippen molar-refractivity contribution in [2.24, 2.45) is 17.8 Å². The number of hydrogen-bond acceptors (Lipinski definition) is 2. The molecule has 0 rings (SSSR count). The Bertz CT molecular complexity index is 161. The van der Waals surface area contributed by atoms with Gasteiger partial charge in [-0.3, -0.25) is 4.79 Å². The van der Waals surface area contributed by atoms with Crippen LogP contribution in [0.2, 0.25) is 0 Å². The number of carbonyl (C=O) groups excluding carboxylic acids is 1. The van der Waals surface area contributed by atoms with E-state index in [1.54, 1.807) is 0 Å². The Morgan fingerprint density at radius 2 is 1.62 bits per heavy atom. The minimum atomic E-state index is -0.776. The summed E-state index contributed by atoms with van der Waals surface area (Å²) < 4.78 is 0. The monoisotopic (exact) mass is 186 g/mol. The number of aliphatic hydroxyl groups excluding tert-OH is 1. The van der Waals surface area contributed by atoms with Gasteiger partial charge in [-0.05, 0) is 17.8 Å². The number of aliphatic hydroxyl groups is 1. The van der Waals surface area contributed by atoms with Gasteiger partial charge in [0.05, 0.1) is 0 Å². The van der Waals surface area contributed by atoms with Crippen LogP contribution < -0.4 is 0 Å². The Morgan fingerprint density at radius 1 is 1.15 bits per heavy atom. The molecule has 0 aliphatic rings. The molecule has 0 aliphatic carbocycles. The van der Waals surface area contributed by atoms with E-state index in [-0.39, 0.29) is 11.7 Å². The SMILES string of the molecule is CC(C)CC(=O)C(O)C(C)C(C)C. The van der Waals surface area contributed by atoms with Crippen molar-refractivity contribution in [3.63, 3.8) is 0 Å². The molecule has 0 spiro atoms. The molecule has 0 aromatic heterocycles. The Kier molecular flexibility index (Phi) is 5.23. The second-order valence-corrected chi connectivity index (χ2v) is 4.61. The molecule has 2 nitrogen and oxygen atoms in total. The summed E-state index contributed by atoms with van der Waals surface area (Å²) in [5, 5.41) is 9.66. The molecule has 0 saturated carbocycles. The highest BCUT2D eigenvalue weighted by Crippen LogP contribution is 2.17. The zero-order chi connectivity index (χ0) is 10.6. The number of ketones is 1. The molecule has 0 aromatic carbocycles. The van der Waals surface area contributed by atoms with Gasteiger partial charge in [0.15, 0.2) is 5.78 Å². The van der Waals surface area contributed by atoms with Gasteiger partial charge < -0.3 is 5.11 Å². The van der Waals surface area contributed by atoms with Crippen molar-refractivity contribution in [2.45, 2.75) is 47.1 Å². The Hall–Kier alpha value is -0.370. The lowest BCUT2D eigenvalue weighted by Crippen LogP contribution is -2.31. The van der Waals surface area contributed by atoms with Gasteiger partial charge in [-0.25, -0.2) is 0 Å². The van der Waals surface area contributed by atoms with Gasteiger partial charge in [-0.1, -0.05) is 34.6 Å². The van der Waals surface area contributed by atoms with Crippen molar-refractivity contribution in [1.82, 2.24) is 0 Å². The molecule has 0 saturated heterocycles. The summed E-state index contributed by atoms with van der Waals surface area (Å²) in [6.07, 6.45) is -0.291. The molecule has 0 radical (unpaired) electrons. The average molecular weight is 186 g/mol. The number of rotatable bonds is 5. The van der Waals surface area contributed by atoms with Crippen molar-refractivity contribution >= 4 is 5.78 Å². The van der Waals surface area contributed by atoms with Gasteiger partial charge in [0.25, 0.3) is 0 Å². The van der Waals surface area contributed by atoms with E-state index in [4.69, 9.17) is 0 Å². The second kappa shape index (κ2) is 5.38. The fourth-order valence-corrected chi connectivity index (χ4v) is 1.18. The third-order valence-corrected chi connectivity index (χ3v) is 2.49. The number of hydrogen-bond donors (Lipinski definition) is 1. The molecule has 0 aliphatic heterocycles. The Labute approximate surface area is 81.3 Å². The van der Waals surface area contributed by atoms with E-state index in [2.05, 4.69) is 0 Å². The summed E-state index contributed by atoms with van der Waals surface area (Å²) in [6, 6.07) is 0. The van der Waals surface area contributed by atoms with E-state index in [0.29, 0.717) is 18.3 Å². The Morgan fingerprint density at radius 3 is 1.92 bits per heavy atom. The lowest BCUT2D eigenvalue weighted by Gasteiger charge is -2.21. The summed E-state index contributed by atoms with van der Waals surface area (Å²) in [7, 11) is 0. The molecule has 0 fully saturated rings. The maximum absolute atomic E-state index is 11.4. The van der Waals surface area contributed by atoms with E-state index in [1.807, 2.05) is 34.6 Å². The van der Waals surface area contributed by atoms with Gasteiger partial charge >= 0.3 is 0 Å². The summed E-state index contributed by atoms with van der Waals surface area (Å²) >= 11 is 0. The normalized spacial score (nSPS) is 16.3. The van der Waals surface area contributed by atoms with E-state index in [0.717, 1.165) is 0 Å². The van der Waals surface area contributed by atoms with Gasteiger partial charge in [0, 0.05) is 6.42 Å². The van der Waals surface area contributed by atoms with E-state index in [1.165, 1.54) is 0 Å². The molecule has 13 heavy (non-hydrogen) atoms. The van der Waals surface area contributed by atoms with Crippen LogP contribution in [0.5, 0.6) is 0 Å². The van der Waals surface area contributed by atoms with Gasteiger partial charge in [0.2, 0.25) is 0 Å². The first-order valence-electron chi connectivity index (χ1n) is 5.07. The first kappa shape index (κ1) is 12.6. The third-order valence-electron chi connectivity index (χ3n) is 2.49. The van der Waals surface area contributed by atoms with Gasteiger partial charge in [-0.2, -0.15) is 0 Å². The van der Waals surface area contributed by atoms with Crippen molar-refractivity contribution in [3.8, 4) is 0 Å². The van der Waals surface area contributed by atoms with Crippen LogP contribution in [-0.2, 0) is 4.79 Å². The van der Waals surface area contributed by atoms with E-state index in [9.17, 15) is 9.90 Å². The van der Waals surface area contributed by atoms with Crippen LogP contribution in [0.25, 0.3) is 0 Å². The molecule has 0 bridgehead atoms. The Balaban J connectivity index is 4.09. The molecular weight excluding hydrogens is 164 g/mol. The van der Waals surface area contributed by atoms with Gasteiger partial charge in [-0.15, -0.1) is 0 Å². The molecule has 2 unspecified atom stereocenters. The minimum absolute atomic E-state index is 0.0174. The van der Waals surface area contributed by atoms with Crippen LogP contribution in [0.15, 0.2) is 0 Å². The molecule has 0 amide bonds. The highest BCUT2D eigenvalue weighted by Gasteiger charge is 2.24. The number of Topliss-reactive ketones (excluding diaryl/α,β-unsaturated/α-hetero) is 1. The quantitative estimate of drug-likeness (QED) is 0.715. The zero-order valence-electron chi connectivity index (χ0n) is 9.37. The van der Waals surface area contributed by atoms with Crippen LogP contribution in [-0.4, -0.2) is 17.0 Å². The van der Waals surface area contributed by atoms with Crippen molar-refractivity contribution < 1.29 is 9.90 Å². The zero-order valence-corrected chi connectivity index (χ0v) is 9.37. The molecule has 0 aromatic rings. The van der Waals surface area contributed by atoms with Crippen molar-refractivity contribution in [2.75, 3.05) is 0 Å². The molecule has 0 heterocycles. The maximum Gasteiger partial charge on any atom is 0.161 e. The number of carbonyl (C=O) groups is 1. The summed E-state index contributed by atoms with van der Waals surface area (Å²) in [6.45, 7) is 9.95. The average Bonchev–Trinajstić information content (AvgIpc) is 2.00. The van der Waals surface area contributed by atoms with E-state index >= 15 is 0 Å². The molecule has 78 valence electrons. The predicted octanol–water partition coefficient (Wildman–Crippen LogP) is 2.25. The van der Waals surface area contributed by atoms with Crippen LogP contribution in [0.4, 0.5) is 0 Å². The first-order valence-corrected chi connectivity index (χ1v) is 5.07. The smallest absolute Gasteiger partial charge is 0.161 e. The first-order chi connectivity index (χ1) is 5.86. The standard InChI is InChI=1S/C11H22O2/c1-7(2)6-10(12)11(13)9(5)8(3)4/h7-9,11,13H,6H2,1-5H3. The van der Waals surface area contributed by atoms with Crippen molar-refractivity contribution in [3.05, 3.63) is 0 Å². The maximum atomic E-state index is 11.4. The molecule has 2 heteroatoms. The van der Waals surface area contributed by atoms with Crippen LogP contribution in [0.1, 0.15) is 41.0 Å². The molecule has 2 atom stereocenters. The fourth-order valence-electron chi connectivity index (χ4n) is 1.18. The summed E-state index contributed by atoms with van der Waals surface area (Å²) in [4.78, 5) is 11.4. The summed E-state index contributed by atoms with van der Waals surface area (Å²) in [5.74, 6) is 0.732. The minimum Gasteiger partial charge on any atom is -0.385 e. The lowest BCUT2D eigenvalue weighted by molar-refractivity contribution is -0.131. The highest BCUT2D eigenvalue weighted by atomic mass is 16.3. The molecule has 1 N–H and O–H groups in total. The molecular formula is C11H22O2. The third kappa shape index (κ3) is 4.41. The van der Waals surface area contributed by atoms with Crippen LogP contribution in [0.3, 0.4) is 0 Å². The topological polar surface area (TPSA) is 37.3 Å². The fraction of sp³-hybridized carbons (Fsp3) is 0.909. The van der Waals surface area contributed by atoms with Crippen LogP contribution >= 0.6 is 0 Å². The second-order valence-electron chi connectivity index (χ2n) is 4.61.